The number of benzene rings is 2. The second kappa shape index (κ2) is 7.69. The van der Waals surface area contributed by atoms with Gasteiger partial charge in [0.2, 0.25) is 0 Å². The third-order valence-corrected chi connectivity index (χ3v) is 3.08. The van der Waals surface area contributed by atoms with E-state index >= 15 is 0 Å². The highest BCUT2D eigenvalue weighted by Crippen LogP contribution is 2.18. The predicted molar refractivity (Wildman–Crippen MR) is 83.7 cm³/mol. The van der Waals surface area contributed by atoms with Crippen molar-refractivity contribution in [1.29, 1.82) is 0 Å². The van der Waals surface area contributed by atoms with E-state index in [0.29, 0.717) is 5.75 Å². The smallest absolute Gasteiger partial charge is 0.422 e. The van der Waals surface area contributed by atoms with Crippen molar-refractivity contribution in [3.63, 3.8) is 0 Å². The van der Waals surface area contributed by atoms with Gasteiger partial charge in [0.15, 0.2) is 6.61 Å². The van der Waals surface area contributed by atoms with Crippen molar-refractivity contribution in [2.75, 3.05) is 19.0 Å². The van der Waals surface area contributed by atoms with E-state index in [0.717, 1.165) is 5.69 Å². The van der Waals surface area contributed by atoms with Crippen molar-refractivity contribution in [1.82, 2.24) is 0 Å². The number of alkyl halides is 3. The van der Waals surface area contributed by atoms with E-state index in [-0.39, 0.29) is 11.1 Å². The van der Waals surface area contributed by atoms with Crippen LogP contribution in [0.15, 0.2) is 48.5 Å². The van der Waals surface area contributed by atoms with Gasteiger partial charge in [-0.05, 0) is 48.5 Å². The molecule has 2 rings (SSSR count). The fourth-order valence-corrected chi connectivity index (χ4v) is 1.83. The maximum absolute atomic E-state index is 12.0. The molecule has 1 N–H and O–H groups in total. The van der Waals surface area contributed by atoms with Crippen molar-refractivity contribution in [3.8, 4) is 5.75 Å². The molecule has 0 heterocycles. The van der Waals surface area contributed by atoms with E-state index in [1.165, 1.54) is 24.3 Å². The van der Waals surface area contributed by atoms with Gasteiger partial charge in [-0.2, -0.15) is 13.2 Å². The van der Waals surface area contributed by atoms with Gasteiger partial charge < -0.3 is 14.8 Å². The molecule has 0 aromatic heterocycles. The molecule has 0 spiro atoms. The van der Waals surface area contributed by atoms with Crippen LogP contribution in [0.25, 0.3) is 0 Å². The third-order valence-electron chi connectivity index (χ3n) is 3.08. The Bertz CT molecular complexity index is 740. The van der Waals surface area contributed by atoms with Gasteiger partial charge >= 0.3 is 18.1 Å². The van der Waals surface area contributed by atoms with Crippen LogP contribution in [0.1, 0.15) is 20.7 Å². The Kier molecular flexibility index (Phi) is 5.63. The van der Waals surface area contributed by atoms with Gasteiger partial charge in [-0.25, -0.2) is 9.59 Å². The summed E-state index contributed by atoms with van der Waals surface area (Å²) in [4.78, 5) is 23.5. The predicted octanol–water partition coefficient (Wildman–Crippen LogP) is 3.67. The second-order valence-corrected chi connectivity index (χ2v) is 4.93. The lowest BCUT2D eigenvalue weighted by Gasteiger charge is -2.08. The second-order valence-electron chi connectivity index (χ2n) is 4.93. The maximum atomic E-state index is 12.0. The summed E-state index contributed by atoms with van der Waals surface area (Å²) in [6.07, 6.45) is -4.59. The van der Waals surface area contributed by atoms with E-state index in [1.54, 1.807) is 31.3 Å². The number of carbonyl (C=O) groups excluding carboxylic acids is 2. The van der Waals surface area contributed by atoms with Crippen molar-refractivity contribution in [3.05, 3.63) is 59.7 Å². The Morgan fingerprint density at radius 2 is 1.44 bits per heavy atom. The monoisotopic (exact) mass is 353 g/mol. The summed E-state index contributed by atoms with van der Waals surface area (Å²) < 4.78 is 45.3. The number of carbonyl (C=O) groups is 2. The van der Waals surface area contributed by atoms with Crippen molar-refractivity contribution < 1.29 is 32.2 Å². The molecule has 2 aromatic rings. The molecule has 25 heavy (non-hydrogen) atoms. The first-order valence-electron chi connectivity index (χ1n) is 7.12. The van der Waals surface area contributed by atoms with Gasteiger partial charge in [0.25, 0.3) is 0 Å². The van der Waals surface area contributed by atoms with Crippen molar-refractivity contribution >= 4 is 17.6 Å². The van der Waals surface area contributed by atoms with Crippen LogP contribution < -0.4 is 10.1 Å². The van der Waals surface area contributed by atoms with Crippen LogP contribution in [-0.4, -0.2) is 31.8 Å². The molecule has 0 saturated heterocycles. The summed E-state index contributed by atoms with van der Waals surface area (Å²) in [5.41, 5.74) is 0.894. The Morgan fingerprint density at radius 1 is 0.920 bits per heavy atom. The molecule has 132 valence electrons. The van der Waals surface area contributed by atoms with Gasteiger partial charge in [-0.3, -0.25) is 0 Å². The fraction of sp³-hybridized carbons (Fsp3) is 0.176. The van der Waals surface area contributed by atoms with E-state index < -0.39 is 24.7 Å². The van der Waals surface area contributed by atoms with Gasteiger partial charge in [-0.15, -0.1) is 0 Å². The summed E-state index contributed by atoms with van der Waals surface area (Å²) >= 11 is 0. The van der Waals surface area contributed by atoms with E-state index in [4.69, 9.17) is 4.74 Å². The molecule has 0 amide bonds. The fourth-order valence-electron chi connectivity index (χ4n) is 1.83. The molecule has 2 aromatic carbocycles. The minimum atomic E-state index is -4.59. The first kappa shape index (κ1) is 18.3. The third kappa shape index (κ3) is 5.52. The van der Waals surface area contributed by atoms with Crippen LogP contribution in [0, 0.1) is 0 Å². The summed E-state index contributed by atoms with van der Waals surface area (Å²) in [5.74, 6) is -1.45. The Morgan fingerprint density at radius 3 is 1.92 bits per heavy atom. The molecule has 0 aliphatic rings. The van der Waals surface area contributed by atoms with Crippen molar-refractivity contribution in [2.24, 2.45) is 0 Å². The molecule has 0 atom stereocenters. The Balaban J connectivity index is 1.98. The first-order chi connectivity index (χ1) is 11.8. The van der Waals surface area contributed by atoms with Gasteiger partial charge in [0.05, 0.1) is 11.1 Å². The minimum absolute atomic E-state index is 0.0980. The Hall–Kier alpha value is -3.03. The van der Waals surface area contributed by atoms with Crippen LogP contribution in [0.5, 0.6) is 5.75 Å². The quantitative estimate of drug-likeness (QED) is 0.656. The lowest BCUT2D eigenvalue weighted by molar-refractivity contribution is -0.161. The summed E-state index contributed by atoms with van der Waals surface area (Å²) in [7, 11) is 1.75. The van der Waals surface area contributed by atoms with E-state index in [1.807, 2.05) is 0 Å². The average molecular weight is 353 g/mol. The molecular weight excluding hydrogens is 339 g/mol. The zero-order chi connectivity index (χ0) is 18.4. The van der Waals surface area contributed by atoms with Crippen LogP contribution >= 0.6 is 0 Å². The van der Waals surface area contributed by atoms with Crippen LogP contribution in [-0.2, 0) is 4.74 Å². The summed E-state index contributed by atoms with van der Waals surface area (Å²) in [6, 6.07) is 11.6. The van der Waals surface area contributed by atoms with Gasteiger partial charge in [-0.1, -0.05) is 0 Å². The lowest BCUT2D eigenvalue weighted by Crippen LogP contribution is -2.20. The topological polar surface area (TPSA) is 64.6 Å². The standard InChI is InChI=1S/C17H14F3NO4/c1-21-13-6-8-14(9-7-13)25-16(23)12-4-2-11(3-5-12)15(22)24-10-17(18,19)20/h2-9,21H,10H2,1H3. The normalized spacial score (nSPS) is 10.9. The zero-order valence-electron chi connectivity index (χ0n) is 13.1. The number of halogens is 3. The minimum Gasteiger partial charge on any atom is -0.452 e. The average Bonchev–Trinajstić information content (AvgIpc) is 2.60. The number of hydrogen-bond donors (Lipinski definition) is 1. The first-order valence-corrected chi connectivity index (χ1v) is 7.12. The molecule has 0 aliphatic heterocycles. The number of nitrogens with one attached hydrogen (secondary N) is 1. The van der Waals surface area contributed by atoms with Gasteiger partial charge in [0.1, 0.15) is 5.75 Å². The number of ether oxygens (including phenoxy) is 2. The highest BCUT2D eigenvalue weighted by Gasteiger charge is 2.29. The highest BCUT2D eigenvalue weighted by molar-refractivity contribution is 5.94. The number of rotatable bonds is 5. The zero-order valence-corrected chi connectivity index (χ0v) is 13.1. The van der Waals surface area contributed by atoms with Crippen LogP contribution in [0.4, 0.5) is 18.9 Å². The van der Waals surface area contributed by atoms with Crippen molar-refractivity contribution in [2.45, 2.75) is 6.18 Å². The largest absolute Gasteiger partial charge is 0.452 e. The number of hydrogen-bond acceptors (Lipinski definition) is 5. The SMILES string of the molecule is CNc1ccc(OC(=O)c2ccc(C(=O)OCC(F)(F)F)cc2)cc1. The van der Waals surface area contributed by atoms with Gasteiger partial charge in [0, 0.05) is 12.7 Å². The van der Waals surface area contributed by atoms with Crippen LogP contribution in [0.2, 0.25) is 0 Å². The highest BCUT2D eigenvalue weighted by atomic mass is 19.4. The molecule has 0 aliphatic carbocycles. The molecule has 0 saturated carbocycles. The molecule has 0 unspecified atom stereocenters. The van der Waals surface area contributed by atoms with E-state index in [9.17, 15) is 22.8 Å². The van der Waals surface area contributed by atoms with Crippen LogP contribution in [0.3, 0.4) is 0 Å². The summed E-state index contributed by atoms with van der Waals surface area (Å²) in [5, 5.41) is 2.92. The molecule has 0 bridgehead atoms. The summed E-state index contributed by atoms with van der Waals surface area (Å²) in [6.45, 7) is -1.67. The molecular formula is C17H14F3NO4. The number of anilines is 1. The maximum Gasteiger partial charge on any atom is 0.422 e. The Labute approximate surface area is 141 Å². The molecule has 0 fully saturated rings. The lowest BCUT2D eigenvalue weighted by atomic mass is 10.1. The molecule has 0 radical (unpaired) electrons. The molecule has 5 nitrogen and oxygen atoms in total. The molecule has 8 heteroatoms. The van der Waals surface area contributed by atoms with E-state index in [2.05, 4.69) is 10.1 Å². The number of esters is 2.